The molecule has 2 heterocycles. The van der Waals surface area contributed by atoms with Crippen molar-refractivity contribution < 1.29 is 0 Å². The van der Waals surface area contributed by atoms with Gasteiger partial charge in [-0.15, -0.1) is 0 Å². The second kappa shape index (κ2) is 4.74. The predicted molar refractivity (Wildman–Crippen MR) is 73.5 cm³/mol. The molecule has 1 atom stereocenters. The van der Waals surface area contributed by atoms with Crippen molar-refractivity contribution in [2.75, 3.05) is 6.54 Å². The molecule has 2 N–H and O–H groups in total. The Labute approximate surface area is 112 Å². The first-order valence-corrected chi connectivity index (χ1v) is 6.73. The average molecular weight is 257 g/mol. The number of rotatable bonds is 2. The van der Waals surface area contributed by atoms with E-state index in [2.05, 4.69) is 17.0 Å². The van der Waals surface area contributed by atoms with Crippen LogP contribution in [0.25, 0.3) is 11.4 Å². The van der Waals surface area contributed by atoms with Gasteiger partial charge in [-0.3, -0.25) is 4.68 Å². The first kappa shape index (κ1) is 12.3. The number of hydrogen-bond acceptors (Lipinski definition) is 4. The lowest BCUT2D eigenvalue weighted by molar-refractivity contribution is 0.460. The molecule has 100 valence electrons. The van der Waals surface area contributed by atoms with Crippen molar-refractivity contribution in [2.24, 2.45) is 18.7 Å². The lowest BCUT2D eigenvalue weighted by atomic mass is 9.86. The van der Waals surface area contributed by atoms with Crippen molar-refractivity contribution in [3.8, 4) is 11.4 Å². The Kier molecular flexibility index (Phi) is 3.06. The summed E-state index contributed by atoms with van der Waals surface area (Å²) in [6.45, 7) is 2.82. The number of nitrogens with two attached hydrogens (primary N) is 1. The molecule has 1 unspecified atom stereocenters. The van der Waals surface area contributed by atoms with Gasteiger partial charge in [0.05, 0.1) is 11.8 Å². The lowest BCUT2D eigenvalue weighted by Crippen LogP contribution is -2.24. The van der Waals surface area contributed by atoms with Gasteiger partial charge in [0.15, 0.2) is 5.82 Å². The highest BCUT2D eigenvalue weighted by atomic mass is 15.2. The van der Waals surface area contributed by atoms with Gasteiger partial charge in [0.1, 0.15) is 0 Å². The summed E-state index contributed by atoms with van der Waals surface area (Å²) >= 11 is 0. The van der Waals surface area contributed by atoms with Crippen LogP contribution in [0, 0.1) is 12.8 Å². The van der Waals surface area contributed by atoms with Crippen molar-refractivity contribution in [3.05, 3.63) is 29.3 Å². The van der Waals surface area contributed by atoms with Crippen LogP contribution in [0.3, 0.4) is 0 Å². The van der Waals surface area contributed by atoms with Crippen LogP contribution in [0.2, 0.25) is 0 Å². The molecule has 0 bridgehead atoms. The van der Waals surface area contributed by atoms with Crippen LogP contribution in [0.15, 0.2) is 12.4 Å². The Hall–Kier alpha value is -1.75. The molecule has 0 fully saturated rings. The van der Waals surface area contributed by atoms with Crippen LogP contribution in [0.5, 0.6) is 0 Å². The van der Waals surface area contributed by atoms with Gasteiger partial charge in [-0.05, 0) is 44.2 Å². The zero-order valence-corrected chi connectivity index (χ0v) is 11.4. The molecule has 0 radical (unpaired) electrons. The molecule has 1 aliphatic carbocycles. The largest absolute Gasteiger partial charge is 0.330 e. The molecular weight excluding hydrogens is 238 g/mol. The molecule has 0 aromatic carbocycles. The highest BCUT2D eigenvalue weighted by Gasteiger charge is 2.22. The van der Waals surface area contributed by atoms with Gasteiger partial charge in [0.25, 0.3) is 0 Å². The standard InChI is InChI=1S/C14H19N5/c1-9-12-5-10(6-15)3-4-13(12)18-14(17-9)11-7-16-19(2)8-11/h7-8,10H,3-6,15H2,1-2H3. The van der Waals surface area contributed by atoms with Crippen LogP contribution < -0.4 is 5.73 Å². The van der Waals surface area contributed by atoms with E-state index in [0.717, 1.165) is 42.9 Å². The summed E-state index contributed by atoms with van der Waals surface area (Å²) in [5.41, 5.74) is 10.3. The molecule has 2 aromatic heterocycles. The normalized spacial score (nSPS) is 18.4. The summed E-state index contributed by atoms with van der Waals surface area (Å²) in [7, 11) is 1.90. The summed E-state index contributed by atoms with van der Waals surface area (Å²) in [6, 6.07) is 0. The van der Waals surface area contributed by atoms with Crippen molar-refractivity contribution >= 4 is 0 Å². The first-order valence-electron chi connectivity index (χ1n) is 6.73. The van der Waals surface area contributed by atoms with E-state index in [1.54, 1.807) is 4.68 Å². The van der Waals surface area contributed by atoms with E-state index in [-0.39, 0.29) is 0 Å². The van der Waals surface area contributed by atoms with Crippen LogP contribution in [0.4, 0.5) is 0 Å². The van der Waals surface area contributed by atoms with Crippen molar-refractivity contribution in [3.63, 3.8) is 0 Å². The molecule has 19 heavy (non-hydrogen) atoms. The maximum absolute atomic E-state index is 5.78. The summed E-state index contributed by atoms with van der Waals surface area (Å²) < 4.78 is 1.78. The van der Waals surface area contributed by atoms with Crippen molar-refractivity contribution in [2.45, 2.75) is 26.2 Å². The van der Waals surface area contributed by atoms with Gasteiger partial charge in [-0.2, -0.15) is 5.10 Å². The molecular formula is C14H19N5. The number of aryl methyl sites for hydroxylation is 3. The number of hydrogen-bond donors (Lipinski definition) is 1. The third kappa shape index (κ3) is 2.26. The topological polar surface area (TPSA) is 69.6 Å². The molecule has 0 saturated carbocycles. The summed E-state index contributed by atoms with van der Waals surface area (Å²) in [5, 5.41) is 4.18. The fourth-order valence-corrected chi connectivity index (χ4v) is 2.73. The molecule has 5 nitrogen and oxygen atoms in total. The number of aromatic nitrogens is 4. The summed E-state index contributed by atoms with van der Waals surface area (Å²) in [5.74, 6) is 1.37. The van der Waals surface area contributed by atoms with Crippen molar-refractivity contribution in [1.29, 1.82) is 0 Å². The monoisotopic (exact) mass is 257 g/mol. The third-order valence-corrected chi connectivity index (χ3v) is 3.88. The van der Waals surface area contributed by atoms with Crippen LogP contribution in [0.1, 0.15) is 23.4 Å². The third-order valence-electron chi connectivity index (χ3n) is 3.88. The van der Waals surface area contributed by atoms with Gasteiger partial charge in [-0.1, -0.05) is 0 Å². The molecule has 0 saturated heterocycles. The molecule has 0 amide bonds. The second-order valence-electron chi connectivity index (χ2n) is 5.31. The Morgan fingerprint density at radius 1 is 1.42 bits per heavy atom. The van der Waals surface area contributed by atoms with Crippen LogP contribution in [-0.4, -0.2) is 26.3 Å². The predicted octanol–water partition coefficient (Wildman–Crippen LogP) is 1.25. The lowest BCUT2D eigenvalue weighted by Gasteiger charge is -2.24. The van der Waals surface area contributed by atoms with Crippen LogP contribution >= 0.6 is 0 Å². The summed E-state index contributed by atoms with van der Waals surface area (Å²) in [6.07, 6.45) is 6.92. The maximum atomic E-state index is 5.78. The highest BCUT2D eigenvalue weighted by Crippen LogP contribution is 2.27. The molecule has 3 rings (SSSR count). The fraction of sp³-hybridized carbons (Fsp3) is 0.500. The molecule has 0 aliphatic heterocycles. The fourth-order valence-electron chi connectivity index (χ4n) is 2.73. The minimum absolute atomic E-state index is 0.582. The van der Waals surface area contributed by atoms with E-state index in [0.29, 0.717) is 5.92 Å². The number of nitrogens with zero attached hydrogens (tertiary/aromatic N) is 4. The minimum atomic E-state index is 0.582. The Balaban J connectivity index is 2.01. The van der Waals surface area contributed by atoms with E-state index in [4.69, 9.17) is 10.7 Å². The highest BCUT2D eigenvalue weighted by molar-refractivity contribution is 5.53. The first-order chi connectivity index (χ1) is 9.17. The van der Waals surface area contributed by atoms with E-state index in [9.17, 15) is 0 Å². The van der Waals surface area contributed by atoms with Crippen LogP contribution in [-0.2, 0) is 19.9 Å². The summed E-state index contributed by atoms with van der Waals surface area (Å²) in [4.78, 5) is 9.35. The zero-order chi connectivity index (χ0) is 13.4. The minimum Gasteiger partial charge on any atom is -0.330 e. The van der Waals surface area contributed by atoms with E-state index >= 15 is 0 Å². The second-order valence-corrected chi connectivity index (χ2v) is 5.31. The Morgan fingerprint density at radius 3 is 2.95 bits per heavy atom. The Morgan fingerprint density at radius 2 is 2.26 bits per heavy atom. The average Bonchev–Trinajstić information content (AvgIpc) is 2.85. The molecule has 2 aromatic rings. The van der Waals surface area contributed by atoms with Gasteiger partial charge >= 0.3 is 0 Å². The van der Waals surface area contributed by atoms with E-state index < -0.39 is 0 Å². The van der Waals surface area contributed by atoms with E-state index in [1.165, 1.54) is 11.3 Å². The zero-order valence-electron chi connectivity index (χ0n) is 11.4. The Bertz CT molecular complexity index is 602. The van der Waals surface area contributed by atoms with Gasteiger partial charge in [0.2, 0.25) is 0 Å². The molecule has 5 heteroatoms. The van der Waals surface area contributed by atoms with Gasteiger partial charge < -0.3 is 5.73 Å². The maximum Gasteiger partial charge on any atom is 0.162 e. The molecule has 0 spiro atoms. The molecule has 1 aliphatic rings. The number of fused-ring (bicyclic) bond motifs is 1. The van der Waals surface area contributed by atoms with E-state index in [1.807, 2.05) is 19.4 Å². The van der Waals surface area contributed by atoms with Crippen molar-refractivity contribution in [1.82, 2.24) is 19.7 Å². The van der Waals surface area contributed by atoms with Gasteiger partial charge in [-0.25, -0.2) is 9.97 Å². The smallest absolute Gasteiger partial charge is 0.162 e. The quantitative estimate of drug-likeness (QED) is 0.879. The van der Waals surface area contributed by atoms with Gasteiger partial charge in [0, 0.05) is 24.6 Å². The SMILES string of the molecule is Cc1nc(-c2cnn(C)c2)nc2c1CC(CN)CC2.